The summed E-state index contributed by atoms with van der Waals surface area (Å²) < 4.78 is 10.2. The summed E-state index contributed by atoms with van der Waals surface area (Å²) in [6.07, 6.45) is 4.17. The summed E-state index contributed by atoms with van der Waals surface area (Å²) in [5, 5.41) is 6.81. The zero-order chi connectivity index (χ0) is 20.9. The molecule has 160 valence electrons. The van der Waals surface area contributed by atoms with Gasteiger partial charge in [0.2, 0.25) is 11.7 Å². The maximum atomic E-state index is 12.2. The number of piperazine rings is 1. The molecule has 4 rings (SSSR count). The van der Waals surface area contributed by atoms with Gasteiger partial charge in [-0.2, -0.15) is 4.98 Å². The Morgan fingerprint density at radius 3 is 2.70 bits per heavy atom. The quantitative estimate of drug-likeness (QED) is 0.682. The highest BCUT2D eigenvalue weighted by Gasteiger charge is 2.30. The van der Waals surface area contributed by atoms with E-state index in [1.807, 2.05) is 12.1 Å². The molecule has 2 amide bonds. The van der Waals surface area contributed by atoms with Crippen LogP contribution < -0.4 is 10.2 Å². The Morgan fingerprint density at radius 1 is 1.23 bits per heavy atom. The average molecular weight is 414 g/mol. The number of rotatable bonds is 7. The first-order valence-electron chi connectivity index (χ1n) is 10.4. The molecule has 0 spiro atoms. The molecule has 0 atom stereocenters. The van der Waals surface area contributed by atoms with Crippen molar-refractivity contribution < 1.29 is 18.8 Å². The number of amides is 2. The number of nitrogens with one attached hydrogen (secondary N) is 1. The summed E-state index contributed by atoms with van der Waals surface area (Å²) in [7, 11) is 0. The fourth-order valence-corrected chi connectivity index (χ4v) is 3.31. The van der Waals surface area contributed by atoms with Crippen molar-refractivity contribution >= 4 is 17.8 Å². The van der Waals surface area contributed by atoms with E-state index in [-0.39, 0.29) is 25.0 Å². The fraction of sp³-hybridized carbons (Fsp3) is 0.550. The largest absolute Gasteiger partial charge is 0.466 e. The topological polar surface area (TPSA) is 114 Å². The van der Waals surface area contributed by atoms with Crippen LogP contribution in [0.1, 0.15) is 38.0 Å². The van der Waals surface area contributed by atoms with Crippen LogP contribution >= 0.6 is 0 Å². The number of ether oxygens (including phenoxy) is 1. The van der Waals surface area contributed by atoms with Gasteiger partial charge in [0.15, 0.2) is 0 Å². The number of hydrogen-bond acceptors (Lipinski definition) is 8. The standard InChI is InChI=1S/C20H26N6O4/c1-2-29-17(27)7-8-21-20(28)26-11-9-25(10-12-26)16-6-5-15(13-22-16)18-23-19(30-24-18)14-3-4-14/h5-6,13-14H,2-4,7-12H2,1H3,(H,21,28). The predicted octanol–water partition coefficient (Wildman–Crippen LogP) is 1.79. The van der Waals surface area contributed by atoms with Gasteiger partial charge in [-0.05, 0) is 31.9 Å². The number of nitrogens with zero attached hydrogens (tertiary/aromatic N) is 5. The molecule has 10 nitrogen and oxygen atoms in total. The Kier molecular flexibility index (Phi) is 6.10. The molecule has 1 N–H and O–H groups in total. The third kappa shape index (κ3) is 4.87. The van der Waals surface area contributed by atoms with Crippen LogP contribution in [0.4, 0.5) is 10.6 Å². The van der Waals surface area contributed by atoms with Crippen LogP contribution in [0.3, 0.4) is 0 Å². The lowest BCUT2D eigenvalue weighted by Gasteiger charge is -2.35. The van der Waals surface area contributed by atoms with Crippen LogP contribution in [-0.4, -0.2) is 71.4 Å². The van der Waals surface area contributed by atoms with Gasteiger partial charge in [0, 0.05) is 50.4 Å². The first-order valence-corrected chi connectivity index (χ1v) is 10.4. The molecule has 1 aliphatic heterocycles. The highest BCUT2D eigenvalue weighted by Crippen LogP contribution is 2.39. The molecule has 2 fully saturated rings. The molecule has 2 aromatic heterocycles. The lowest BCUT2D eigenvalue weighted by molar-refractivity contribution is -0.142. The number of esters is 1. The van der Waals surface area contributed by atoms with Gasteiger partial charge in [-0.3, -0.25) is 4.79 Å². The highest BCUT2D eigenvalue weighted by atomic mass is 16.5. The molecule has 2 aliphatic rings. The molecule has 0 aromatic carbocycles. The van der Waals surface area contributed by atoms with Crippen LogP contribution in [0, 0.1) is 0 Å². The molecule has 0 bridgehead atoms. The fourth-order valence-electron chi connectivity index (χ4n) is 3.31. The molecular weight excluding hydrogens is 388 g/mol. The number of carbonyl (C=O) groups is 2. The van der Waals surface area contributed by atoms with Crippen LogP contribution in [-0.2, 0) is 9.53 Å². The lowest BCUT2D eigenvalue weighted by Crippen LogP contribution is -2.52. The number of urea groups is 1. The summed E-state index contributed by atoms with van der Waals surface area (Å²) in [4.78, 5) is 36.4. The zero-order valence-electron chi connectivity index (χ0n) is 17.0. The Balaban J connectivity index is 1.24. The molecule has 0 radical (unpaired) electrons. The second-order valence-electron chi connectivity index (χ2n) is 7.40. The summed E-state index contributed by atoms with van der Waals surface area (Å²) in [5.74, 6) is 2.26. The van der Waals surface area contributed by atoms with E-state index < -0.39 is 0 Å². The Labute approximate surface area is 174 Å². The maximum Gasteiger partial charge on any atom is 0.317 e. The van der Waals surface area contributed by atoms with Crippen LogP contribution in [0.5, 0.6) is 0 Å². The van der Waals surface area contributed by atoms with Gasteiger partial charge in [-0.25, -0.2) is 9.78 Å². The lowest BCUT2D eigenvalue weighted by atomic mass is 10.2. The molecule has 1 saturated carbocycles. The second kappa shape index (κ2) is 9.10. The van der Waals surface area contributed by atoms with Crippen LogP contribution in [0.2, 0.25) is 0 Å². The Morgan fingerprint density at radius 2 is 2.03 bits per heavy atom. The average Bonchev–Trinajstić information content (AvgIpc) is 3.51. The molecule has 2 aromatic rings. The van der Waals surface area contributed by atoms with Crippen molar-refractivity contribution in [2.75, 3.05) is 44.2 Å². The van der Waals surface area contributed by atoms with Crippen molar-refractivity contribution in [2.45, 2.75) is 32.1 Å². The van der Waals surface area contributed by atoms with Gasteiger partial charge >= 0.3 is 12.0 Å². The van der Waals surface area contributed by atoms with Crippen molar-refractivity contribution in [3.05, 3.63) is 24.2 Å². The predicted molar refractivity (Wildman–Crippen MR) is 108 cm³/mol. The van der Waals surface area contributed by atoms with E-state index in [2.05, 4.69) is 25.3 Å². The summed E-state index contributed by atoms with van der Waals surface area (Å²) >= 11 is 0. The molecule has 3 heterocycles. The van der Waals surface area contributed by atoms with Gasteiger partial charge in [0.1, 0.15) is 5.82 Å². The van der Waals surface area contributed by atoms with Crippen molar-refractivity contribution in [3.63, 3.8) is 0 Å². The minimum atomic E-state index is -0.304. The van der Waals surface area contributed by atoms with E-state index >= 15 is 0 Å². The van der Waals surface area contributed by atoms with Gasteiger partial charge in [0.05, 0.1) is 13.0 Å². The van der Waals surface area contributed by atoms with E-state index in [0.717, 1.165) is 24.2 Å². The number of pyridine rings is 1. The van der Waals surface area contributed by atoms with Gasteiger partial charge in [0.25, 0.3) is 0 Å². The van der Waals surface area contributed by atoms with Crippen LogP contribution in [0.15, 0.2) is 22.9 Å². The maximum absolute atomic E-state index is 12.2. The van der Waals surface area contributed by atoms with E-state index in [0.29, 0.717) is 50.4 Å². The number of aromatic nitrogens is 3. The molecule has 0 unspecified atom stereocenters. The molecular formula is C20H26N6O4. The molecule has 1 aliphatic carbocycles. The molecule has 10 heteroatoms. The minimum Gasteiger partial charge on any atom is -0.466 e. The SMILES string of the molecule is CCOC(=O)CCNC(=O)N1CCN(c2ccc(-c3noc(C4CC4)n3)cn2)CC1. The van der Waals surface area contributed by atoms with Gasteiger partial charge < -0.3 is 24.4 Å². The zero-order valence-corrected chi connectivity index (χ0v) is 17.0. The first kappa shape index (κ1) is 20.1. The Hall–Kier alpha value is -3.17. The minimum absolute atomic E-state index is 0.161. The summed E-state index contributed by atoms with van der Waals surface area (Å²) in [6.45, 7) is 4.93. The van der Waals surface area contributed by atoms with Crippen molar-refractivity contribution in [3.8, 4) is 11.4 Å². The summed E-state index contributed by atoms with van der Waals surface area (Å²) in [5.41, 5.74) is 0.828. The summed E-state index contributed by atoms with van der Waals surface area (Å²) in [6, 6.07) is 3.72. The van der Waals surface area contributed by atoms with E-state index in [9.17, 15) is 9.59 Å². The van der Waals surface area contributed by atoms with Gasteiger partial charge in [-0.1, -0.05) is 5.16 Å². The normalized spacial score (nSPS) is 16.4. The molecule has 1 saturated heterocycles. The molecule has 30 heavy (non-hydrogen) atoms. The van der Waals surface area contributed by atoms with E-state index in [4.69, 9.17) is 9.26 Å². The highest BCUT2D eigenvalue weighted by molar-refractivity contribution is 5.76. The number of anilines is 1. The van der Waals surface area contributed by atoms with Crippen molar-refractivity contribution in [2.24, 2.45) is 0 Å². The third-order valence-electron chi connectivity index (χ3n) is 5.18. The van der Waals surface area contributed by atoms with Gasteiger partial charge in [-0.15, -0.1) is 0 Å². The number of carbonyl (C=O) groups excluding carboxylic acids is 2. The van der Waals surface area contributed by atoms with Crippen molar-refractivity contribution in [1.82, 2.24) is 25.3 Å². The smallest absolute Gasteiger partial charge is 0.317 e. The van der Waals surface area contributed by atoms with Crippen LogP contribution in [0.25, 0.3) is 11.4 Å². The van der Waals surface area contributed by atoms with Crippen molar-refractivity contribution in [1.29, 1.82) is 0 Å². The van der Waals surface area contributed by atoms with E-state index in [1.165, 1.54) is 0 Å². The van der Waals surface area contributed by atoms with E-state index in [1.54, 1.807) is 18.0 Å². The Bertz CT molecular complexity index is 872. The first-order chi connectivity index (χ1) is 14.6. The monoisotopic (exact) mass is 414 g/mol. The third-order valence-corrected chi connectivity index (χ3v) is 5.18. The second-order valence-corrected chi connectivity index (χ2v) is 7.40. The number of hydrogen-bond donors (Lipinski definition) is 1.